The molecule has 4 aromatic heterocycles. The topological polar surface area (TPSA) is 152 Å². The number of benzene rings is 3. The van der Waals surface area contributed by atoms with Crippen LogP contribution in [0, 0.1) is 0 Å². The Kier molecular flexibility index (Phi) is 10.1. The summed E-state index contributed by atoms with van der Waals surface area (Å²) < 4.78 is 13.2. The fourth-order valence-corrected chi connectivity index (χ4v) is 9.31. The summed E-state index contributed by atoms with van der Waals surface area (Å²) in [5.74, 6) is 1.43. The molecule has 0 saturated carbocycles. The van der Waals surface area contributed by atoms with Crippen molar-refractivity contribution in [2.24, 2.45) is 0 Å². The zero-order valence-electron chi connectivity index (χ0n) is 29.4. The number of nitrogens with zero attached hydrogens (tertiary/aromatic N) is 5. The number of carbonyl (C=O) groups is 2. The van der Waals surface area contributed by atoms with Crippen molar-refractivity contribution < 1.29 is 24.2 Å². The third kappa shape index (κ3) is 7.56. The summed E-state index contributed by atoms with van der Waals surface area (Å²) in [7, 11) is 0. The fraction of sp³-hybridized carbons (Fsp3) is 0.231. The number of rotatable bonds is 12. The number of hydrogen-bond donors (Lipinski definition) is 3. The highest BCUT2D eigenvalue weighted by molar-refractivity contribution is 7.22. The molecule has 8 rings (SSSR count). The minimum Gasteiger partial charge on any atom is -0.494 e. The van der Waals surface area contributed by atoms with Gasteiger partial charge >= 0.3 is 6.16 Å². The van der Waals surface area contributed by atoms with Crippen molar-refractivity contribution in [1.29, 1.82) is 0 Å². The van der Waals surface area contributed by atoms with E-state index in [9.17, 15) is 14.7 Å². The summed E-state index contributed by atoms with van der Waals surface area (Å²) in [4.78, 5) is 46.0. The van der Waals surface area contributed by atoms with Gasteiger partial charge in [-0.3, -0.25) is 10.1 Å². The average molecular weight is 778 g/mol. The molecule has 7 aromatic rings. The van der Waals surface area contributed by atoms with E-state index in [1.54, 1.807) is 17.7 Å². The van der Waals surface area contributed by atoms with Crippen molar-refractivity contribution in [3.05, 3.63) is 100 Å². The van der Waals surface area contributed by atoms with Crippen molar-refractivity contribution in [2.45, 2.75) is 45.7 Å². The van der Waals surface area contributed by atoms with Crippen LogP contribution in [0.5, 0.6) is 11.6 Å². The fourth-order valence-electron chi connectivity index (χ4n) is 6.41. The highest BCUT2D eigenvalue weighted by Gasteiger charge is 2.26. The first-order valence-electron chi connectivity index (χ1n) is 17.4. The highest BCUT2D eigenvalue weighted by Crippen LogP contribution is 2.38. The smallest absolute Gasteiger partial charge is 0.494 e. The molecular weight excluding hydrogens is 743 g/mol. The Morgan fingerprint density at radius 2 is 1.85 bits per heavy atom. The molecule has 0 bridgehead atoms. The minimum absolute atomic E-state index is 0.0815. The number of para-hydroxylation sites is 1. The van der Waals surface area contributed by atoms with Crippen LogP contribution >= 0.6 is 34.0 Å². The molecule has 0 fully saturated rings. The molecule has 12 nitrogen and oxygen atoms in total. The number of ether oxygens (including phenoxy) is 2. The molecule has 3 N–H and O–H groups in total. The zero-order chi connectivity index (χ0) is 37.2. The van der Waals surface area contributed by atoms with E-state index < -0.39 is 6.16 Å². The summed E-state index contributed by atoms with van der Waals surface area (Å²) in [5.41, 5.74) is 6.42. The third-order valence-electron chi connectivity index (χ3n) is 8.90. The maximum atomic E-state index is 13.5. The van der Waals surface area contributed by atoms with Crippen molar-refractivity contribution in [1.82, 2.24) is 19.9 Å². The van der Waals surface area contributed by atoms with E-state index in [4.69, 9.17) is 9.47 Å². The number of thiazole rings is 2. The second-order valence-electron chi connectivity index (χ2n) is 13.0. The normalized spacial score (nSPS) is 12.6. The number of aryl methyl sites for hydroxylation is 1. The van der Waals surface area contributed by atoms with Gasteiger partial charge in [-0.15, -0.1) is 11.3 Å². The Morgan fingerprint density at radius 3 is 2.67 bits per heavy atom. The van der Waals surface area contributed by atoms with Gasteiger partial charge in [-0.25, -0.2) is 19.7 Å². The summed E-state index contributed by atoms with van der Waals surface area (Å²) in [6.07, 6.45) is 2.03. The molecule has 5 heterocycles. The van der Waals surface area contributed by atoms with Gasteiger partial charge in [0.2, 0.25) is 5.88 Å². The largest absolute Gasteiger partial charge is 0.512 e. The number of nitrogens with one attached hydrogen (secondary N) is 2. The maximum Gasteiger partial charge on any atom is 0.512 e. The minimum atomic E-state index is -1.42. The predicted octanol–water partition coefficient (Wildman–Crippen LogP) is 9.13. The van der Waals surface area contributed by atoms with Crippen LogP contribution in [0.4, 0.5) is 20.9 Å². The van der Waals surface area contributed by atoms with Crippen LogP contribution in [0.15, 0.2) is 78.4 Å². The van der Waals surface area contributed by atoms with E-state index in [2.05, 4.69) is 54.7 Å². The van der Waals surface area contributed by atoms with Crippen molar-refractivity contribution in [3.63, 3.8) is 0 Å². The molecule has 0 saturated heterocycles. The van der Waals surface area contributed by atoms with E-state index in [0.717, 1.165) is 59.1 Å². The summed E-state index contributed by atoms with van der Waals surface area (Å²) in [6.45, 7) is 5.70. The molecule has 54 heavy (non-hydrogen) atoms. The molecule has 0 unspecified atom stereocenters. The van der Waals surface area contributed by atoms with Crippen LogP contribution in [0.2, 0.25) is 0 Å². The lowest BCUT2D eigenvalue weighted by molar-refractivity contribution is 0.102. The number of hydrogen-bond acceptors (Lipinski definition) is 13. The van der Waals surface area contributed by atoms with E-state index in [1.807, 2.05) is 66.7 Å². The number of thiophene rings is 1. The SMILES string of the molecule is CC(C)Nc1ncnc2c(-c3ccc(OCCCc4sc(N5CCc6cccc(C(=O)Nc7nc8ccccc8s7)c6C5)nc4OC(=O)O)cc3)csc12. The maximum absolute atomic E-state index is 13.5. The van der Waals surface area contributed by atoms with Crippen LogP contribution in [-0.4, -0.2) is 56.3 Å². The number of carbonyl (C=O) groups excluding carboxylic acids is 1. The first-order chi connectivity index (χ1) is 26.3. The highest BCUT2D eigenvalue weighted by atomic mass is 32.1. The van der Waals surface area contributed by atoms with Gasteiger partial charge in [0.05, 0.1) is 31.9 Å². The van der Waals surface area contributed by atoms with E-state index >= 15 is 0 Å². The van der Waals surface area contributed by atoms with Crippen LogP contribution in [-0.2, 0) is 19.4 Å². The predicted molar refractivity (Wildman–Crippen MR) is 215 cm³/mol. The summed E-state index contributed by atoms with van der Waals surface area (Å²) >= 11 is 4.46. The lowest BCUT2D eigenvalue weighted by Crippen LogP contribution is -2.32. The Morgan fingerprint density at radius 1 is 1.00 bits per heavy atom. The molecule has 274 valence electrons. The second kappa shape index (κ2) is 15.4. The standard InChI is InChI=1S/C39H35N7O5S3/c1-22(2)42-34-33-32(40-21-41-34)28(20-52-33)24-12-14-25(15-13-24)50-18-6-11-31-36(51-39(48)49)45-38(54-31)46-17-16-23-7-5-8-26(27(23)19-46)35(47)44-37-43-29-9-3-4-10-30(29)53-37/h3-5,7-10,12-15,20-22H,6,11,16-19H2,1-2H3,(H,48,49)(H,40,41,42)(H,43,44,47). The number of fused-ring (bicyclic) bond motifs is 3. The Balaban J connectivity index is 0.914. The van der Waals surface area contributed by atoms with Gasteiger partial charge in [0.15, 0.2) is 10.3 Å². The quantitative estimate of drug-likeness (QED) is 0.0805. The molecule has 3 aromatic carbocycles. The van der Waals surface area contributed by atoms with Gasteiger partial charge < -0.3 is 24.8 Å². The lowest BCUT2D eigenvalue weighted by Gasteiger charge is -2.29. The molecule has 1 aliphatic heterocycles. The summed E-state index contributed by atoms with van der Waals surface area (Å²) in [6, 6.07) is 21.7. The van der Waals surface area contributed by atoms with Crippen LogP contribution in [0.25, 0.3) is 31.6 Å². The van der Waals surface area contributed by atoms with Gasteiger partial charge in [-0.2, -0.15) is 4.98 Å². The van der Waals surface area contributed by atoms with Gasteiger partial charge in [0.25, 0.3) is 5.91 Å². The number of amides is 1. The van der Waals surface area contributed by atoms with Gasteiger partial charge in [-0.05, 0) is 80.1 Å². The molecule has 1 amide bonds. The lowest BCUT2D eigenvalue weighted by atomic mass is 9.94. The molecule has 15 heteroatoms. The molecule has 1 aliphatic rings. The van der Waals surface area contributed by atoms with Crippen LogP contribution in [0.1, 0.15) is 46.6 Å². The molecule has 0 atom stereocenters. The van der Waals surface area contributed by atoms with Crippen molar-refractivity contribution in [3.8, 4) is 22.8 Å². The molecule has 0 spiro atoms. The monoisotopic (exact) mass is 777 g/mol. The van der Waals surface area contributed by atoms with Gasteiger partial charge in [-0.1, -0.05) is 59.1 Å². The second-order valence-corrected chi connectivity index (χ2v) is 15.9. The Labute approximate surface area is 322 Å². The molecule has 0 radical (unpaired) electrons. The molecular formula is C39H35N7O5S3. The number of aromatic nitrogens is 4. The number of anilines is 3. The zero-order valence-corrected chi connectivity index (χ0v) is 31.8. The van der Waals surface area contributed by atoms with E-state index in [0.29, 0.717) is 54.8 Å². The average Bonchev–Trinajstić information content (AvgIpc) is 3.90. The Bertz CT molecular complexity index is 2440. The van der Waals surface area contributed by atoms with E-state index in [-0.39, 0.29) is 17.8 Å². The van der Waals surface area contributed by atoms with Crippen molar-refractivity contribution >= 4 is 82.6 Å². The van der Waals surface area contributed by atoms with Crippen molar-refractivity contribution in [2.75, 3.05) is 28.7 Å². The number of carboxylic acid groups (broad SMARTS) is 1. The molecule has 0 aliphatic carbocycles. The Hall–Kier alpha value is -5.64. The van der Waals surface area contributed by atoms with Gasteiger partial charge in [0.1, 0.15) is 17.9 Å². The first-order valence-corrected chi connectivity index (χ1v) is 20.0. The first kappa shape index (κ1) is 35.4. The summed E-state index contributed by atoms with van der Waals surface area (Å²) in [5, 5.41) is 19.1. The van der Waals surface area contributed by atoms with Crippen LogP contribution in [0.3, 0.4) is 0 Å². The van der Waals surface area contributed by atoms with Crippen LogP contribution < -0.4 is 25.0 Å². The third-order valence-corrected chi connectivity index (χ3v) is 12.0. The van der Waals surface area contributed by atoms with E-state index in [1.165, 1.54) is 22.7 Å². The van der Waals surface area contributed by atoms with Gasteiger partial charge in [0, 0.05) is 35.6 Å².